The van der Waals surface area contributed by atoms with Crippen molar-refractivity contribution in [2.24, 2.45) is 5.92 Å². The van der Waals surface area contributed by atoms with E-state index in [0.29, 0.717) is 12.4 Å². The third kappa shape index (κ3) is 7.43. The van der Waals surface area contributed by atoms with Crippen LogP contribution in [-0.4, -0.2) is 35.8 Å². The third-order valence-corrected chi connectivity index (χ3v) is 3.51. The van der Waals surface area contributed by atoms with Gasteiger partial charge in [0.15, 0.2) is 6.29 Å². The third-order valence-electron chi connectivity index (χ3n) is 3.51. The van der Waals surface area contributed by atoms with Crippen LogP contribution in [0, 0.1) is 5.92 Å². The maximum absolute atomic E-state index is 9.73. The van der Waals surface area contributed by atoms with Gasteiger partial charge < -0.3 is 19.3 Å². The van der Waals surface area contributed by atoms with E-state index < -0.39 is 0 Å². The van der Waals surface area contributed by atoms with Gasteiger partial charge in [-0.3, -0.25) is 0 Å². The Morgan fingerprint density at radius 1 is 1.36 bits per heavy atom. The van der Waals surface area contributed by atoms with Crippen molar-refractivity contribution in [3.63, 3.8) is 0 Å². The Hall–Kier alpha value is -0.840. The van der Waals surface area contributed by atoms with Gasteiger partial charge in [0, 0.05) is 5.92 Å². The van der Waals surface area contributed by atoms with Gasteiger partial charge in [-0.2, -0.15) is 0 Å². The highest BCUT2D eigenvalue weighted by molar-refractivity contribution is 5.07. The first-order valence-electron chi connectivity index (χ1n) is 8.18. The molecular weight excluding hydrogens is 280 g/mol. The van der Waals surface area contributed by atoms with Crippen molar-refractivity contribution in [1.29, 1.82) is 0 Å². The Labute approximate surface area is 135 Å². The van der Waals surface area contributed by atoms with E-state index >= 15 is 0 Å². The number of rotatable bonds is 7. The molecule has 0 aliphatic carbocycles. The lowest BCUT2D eigenvalue weighted by molar-refractivity contribution is -0.241. The molecule has 0 bridgehead atoms. The summed E-state index contributed by atoms with van der Waals surface area (Å²) < 4.78 is 17.1. The molecular formula is C18H32O4. The summed E-state index contributed by atoms with van der Waals surface area (Å²) in [4.78, 5) is 0. The average Bonchev–Trinajstić information content (AvgIpc) is 2.37. The Bertz CT molecular complexity index is 370. The molecule has 0 aromatic rings. The van der Waals surface area contributed by atoms with Crippen LogP contribution in [0.1, 0.15) is 53.9 Å². The normalized spacial score (nSPS) is 29.7. The van der Waals surface area contributed by atoms with Crippen molar-refractivity contribution < 1.29 is 19.3 Å². The highest BCUT2D eigenvalue weighted by Crippen LogP contribution is 2.25. The van der Waals surface area contributed by atoms with Crippen LogP contribution in [0.3, 0.4) is 0 Å². The zero-order valence-electron chi connectivity index (χ0n) is 14.7. The first kappa shape index (κ1) is 19.2. The zero-order chi connectivity index (χ0) is 16.8. The van der Waals surface area contributed by atoms with Gasteiger partial charge in [-0.15, -0.1) is 0 Å². The molecule has 0 spiro atoms. The van der Waals surface area contributed by atoms with E-state index in [9.17, 15) is 5.11 Å². The molecule has 1 N–H and O–H groups in total. The van der Waals surface area contributed by atoms with Crippen molar-refractivity contribution in [3.8, 4) is 0 Å². The van der Waals surface area contributed by atoms with Gasteiger partial charge >= 0.3 is 0 Å². The van der Waals surface area contributed by atoms with Gasteiger partial charge in [0.05, 0.1) is 18.8 Å². The summed E-state index contributed by atoms with van der Waals surface area (Å²) in [6, 6.07) is 0. The van der Waals surface area contributed by atoms with Crippen LogP contribution >= 0.6 is 0 Å². The maximum atomic E-state index is 9.73. The molecule has 0 aromatic carbocycles. The Morgan fingerprint density at radius 3 is 2.68 bits per heavy atom. The van der Waals surface area contributed by atoms with Crippen LogP contribution in [0.25, 0.3) is 0 Å². The molecule has 0 saturated carbocycles. The fourth-order valence-electron chi connectivity index (χ4n) is 2.37. The lowest BCUT2D eigenvalue weighted by atomic mass is 9.97. The average molecular weight is 312 g/mol. The van der Waals surface area contributed by atoms with E-state index in [-0.39, 0.29) is 30.0 Å². The molecule has 4 nitrogen and oxygen atoms in total. The second-order valence-corrected chi connectivity index (χ2v) is 7.09. The monoisotopic (exact) mass is 312 g/mol. The van der Waals surface area contributed by atoms with Crippen molar-refractivity contribution >= 4 is 0 Å². The van der Waals surface area contributed by atoms with Crippen molar-refractivity contribution in [2.75, 3.05) is 6.61 Å². The highest BCUT2D eigenvalue weighted by Gasteiger charge is 2.32. The van der Waals surface area contributed by atoms with Crippen LogP contribution in [-0.2, 0) is 14.2 Å². The number of unbranched alkanes of at least 4 members (excludes halogenated alkanes) is 1. The predicted molar refractivity (Wildman–Crippen MR) is 88.4 cm³/mol. The summed E-state index contributed by atoms with van der Waals surface area (Å²) in [6.45, 7) is 14.5. The van der Waals surface area contributed by atoms with Gasteiger partial charge in [0.1, 0.15) is 11.4 Å². The van der Waals surface area contributed by atoms with E-state index in [1.165, 1.54) is 0 Å². The molecule has 0 aromatic heterocycles. The fraction of sp³-hybridized carbons (Fsp3) is 0.778. The first-order valence-corrected chi connectivity index (χ1v) is 8.18. The van der Waals surface area contributed by atoms with Crippen LogP contribution in [0.15, 0.2) is 24.5 Å². The van der Waals surface area contributed by atoms with Gasteiger partial charge in [0.2, 0.25) is 0 Å². The summed E-state index contributed by atoms with van der Waals surface area (Å²) in [7, 11) is 0. The largest absolute Gasteiger partial charge is 0.489 e. The van der Waals surface area contributed by atoms with E-state index in [1.54, 1.807) is 0 Å². The van der Waals surface area contributed by atoms with E-state index in [4.69, 9.17) is 14.2 Å². The summed E-state index contributed by atoms with van der Waals surface area (Å²) in [5.41, 5.74) is -0.208. The van der Waals surface area contributed by atoms with Crippen LogP contribution in [0.4, 0.5) is 0 Å². The van der Waals surface area contributed by atoms with E-state index in [1.807, 2.05) is 40.7 Å². The van der Waals surface area contributed by atoms with E-state index in [2.05, 4.69) is 12.7 Å². The van der Waals surface area contributed by atoms with Crippen molar-refractivity contribution in [2.45, 2.75) is 78.0 Å². The molecule has 4 atom stereocenters. The number of allylic oxidation sites excluding steroid dienone is 2. The summed E-state index contributed by atoms with van der Waals surface area (Å²) in [6.07, 6.45) is 5.77. The molecule has 1 fully saturated rings. The molecule has 1 saturated heterocycles. The smallest absolute Gasteiger partial charge is 0.160 e. The highest BCUT2D eigenvalue weighted by atomic mass is 16.7. The molecule has 1 heterocycles. The summed E-state index contributed by atoms with van der Waals surface area (Å²) in [5, 5.41) is 9.73. The summed E-state index contributed by atoms with van der Waals surface area (Å²) in [5.74, 6) is 0.905. The van der Waals surface area contributed by atoms with Crippen molar-refractivity contribution in [1.82, 2.24) is 0 Å². The van der Waals surface area contributed by atoms with Crippen LogP contribution in [0.5, 0.6) is 0 Å². The number of aliphatic hydroxyl groups excluding tert-OH is 1. The Morgan fingerprint density at radius 2 is 2.05 bits per heavy atom. The van der Waals surface area contributed by atoms with Crippen LogP contribution in [0.2, 0.25) is 0 Å². The number of hydrogen-bond acceptors (Lipinski definition) is 4. The standard InChI is InChI=1S/C18H32O4/c1-13-12-16(19)15(3)21-17(13)20-11-9-7-8-10-14(2)22-18(4,5)6/h8,10,13,15-17,19H,2,7,9,11-12H2,1,3-6H3/b10-8+/t13-,15+,16-,17-/m1/s1. The van der Waals surface area contributed by atoms with Gasteiger partial charge in [-0.05, 0) is 53.0 Å². The second kappa shape index (κ2) is 8.70. The van der Waals surface area contributed by atoms with Gasteiger partial charge in [0.25, 0.3) is 0 Å². The minimum Gasteiger partial charge on any atom is -0.489 e. The predicted octanol–water partition coefficient (Wildman–Crippen LogP) is 3.80. The molecule has 22 heavy (non-hydrogen) atoms. The molecule has 1 aliphatic rings. The maximum Gasteiger partial charge on any atom is 0.160 e. The molecule has 0 radical (unpaired) electrons. The minimum atomic E-state index is -0.383. The Kier molecular flexibility index (Phi) is 7.60. The molecule has 0 amide bonds. The molecule has 1 aliphatic heterocycles. The minimum absolute atomic E-state index is 0.154. The van der Waals surface area contributed by atoms with Crippen LogP contribution < -0.4 is 0 Å². The lowest BCUT2D eigenvalue weighted by Gasteiger charge is -2.36. The second-order valence-electron chi connectivity index (χ2n) is 7.09. The zero-order valence-corrected chi connectivity index (χ0v) is 14.7. The van der Waals surface area contributed by atoms with Crippen molar-refractivity contribution in [3.05, 3.63) is 24.5 Å². The topological polar surface area (TPSA) is 47.9 Å². The number of ether oxygens (including phenoxy) is 3. The van der Waals surface area contributed by atoms with E-state index in [0.717, 1.165) is 19.3 Å². The summed E-state index contributed by atoms with van der Waals surface area (Å²) >= 11 is 0. The van der Waals surface area contributed by atoms with Gasteiger partial charge in [-0.1, -0.05) is 19.6 Å². The molecule has 4 heteroatoms. The fourth-order valence-corrected chi connectivity index (χ4v) is 2.37. The van der Waals surface area contributed by atoms with Gasteiger partial charge in [-0.25, -0.2) is 0 Å². The molecule has 1 rings (SSSR count). The Balaban J connectivity index is 2.16. The SMILES string of the molecule is C=C(/C=C/CCCO[C@@H]1O[C@@H](C)[C@H](O)C[C@H]1C)OC(C)(C)C. The first-order chi connectivity index (χ1) is 10.2. The lowest BCUT2D eigenvalue weighted by Crippen LogP contribution is -2.43. The number of hydrogen-bond donors (Lipinski definition) is 1. The molecule has 128 valence electrons. The number of aliphatic hydroxyl groups is 1. The molecule has 0 unspecified atom stereocenters. The quantitative estimate of drug-likeness (QED) is 0.441.